The van der Waals surface area contributed by atoms with Gasteiger partial charge in [0.05, 0.1) is 24.8 Å². The summed E-state index contributed by atoms with van der Waals surface area (Å²) in [4.78, 5) is 28.4. The summed E-state index contributed by atoms with van der Waals surface area (Å²) in [5.41, 5.74) is 1.03. The molecule has 1 fully saturated rings. The SMILES string of the molecule is CCOc1cc(C2/C(=C(\O)c3ccccc3)C(=O)C(=O)N2Cc2cccs2)ccc1O. The van der Waals surface area contributed by atoms with Crippen LogP contribution in [0.15, 0.2) is 71.6 Å². The van der Waals surface area contributed by atoms with E-state index in [-0.39, 0.29) is 29.4 Å². The predicted octanol–water partition coefficient (Wildman–Crippen LogP) is 4.47. The number of phenolic OH excluding ortho intramolecular Hbond substituents is 1. The van der Waals surface area contributed by atoms with Crippen molar-refractivity contribution < 1.29 is 24.5 Å². The first-order chi connectivity index (χ1) is 15.0. The molecule has 1 saturated heterocycles. The molecule has 0 radical (unpaired) electrons. The van der Waals surface area contributed by atoms with Gasteiger partial charge in [0.2, 0.25) is 0 Å². The Morgan fingerprint density at radius 1 is 1.10 bits per heavy atom. The smallest absolute Gasteiger partial charge is 0.295 e. The molecule has 0 bridgehead atoms. The molecule has 7 heteroatoms. The molecule has 2 N–H and O–H groups in total. The summed E-state index contributed by atoms with van der Waals surface area (Å²) in [5, 5.41) is 23.0. The summed E-state index contributed by atoms with van der Waals surface area (Å²) in [7, 11) is 0. The van der Waals surface area contributed by atoms with E-state index in [9.17, 15) is 19.8 Å². The fraction of sp³-hybridized carbons (Fsp3) is 0.167. The highest BCUT2D eigenvalue weighted by atomic mass is 32.1. The first-order valence-electron chi connectivity index (χ1n) is 9.83. The first kappa shape index (κ1) is 20.7. The Bertz CT molecular complexity index is 1140. The van der Waals surface area contributed by atoms with Gasteiger partial charge in [-0.1, -0.05) is 42.5 Å². The number of aromatic hydroxyl groups is 1. The number of thiophene rings is 1. The lowest BCUT2D eigenvalue weighted by atomic mass is 9.95. The minimum atomic E-state index is -0.817. The van der Waals surface area contributed by atoms with Gasteiger partial charge >= 0.3 is 0 Å². The van der Waals surface area contributed by atoms with E-state index in [1.165, 1.54) is 22.3 Å². The van der Waals surface area contributed by atoms with Crippen molar-refractivity contribution >= 4 is 28.8 Å². The molecule has 0 spiro atoms. The van der Waals surface area contributed by atoms with Gasteiger partial charge in [0, 0.05) is 10.4 Å². The standard InChI is InChI=1S/C24H21NO5S/c1-2-30-19-13-16(10-11-18(19)26)21-20(22(27)15-7-4-3-5-8-15)23(28)24(29)25(21)14-17-9-6-12-31-17/h3-13,21,26-27H,2,14H2,1H3/b22-20+. The number of Topliss-reactive ketones (excluding diaryl/α,β-unsaturated/α-hetero) is 1. The van der Waals surface area contributed by atoms with Gasteiger partial charge in [-0.2, -0.15) is 0 Å². The molecule has 158 valence electrons. The molecule has 1 amide bonds. The maximum absolute atomic E-state index is 13.0. The predicted molar refractivity (Wildman–Crippen MR) is 118 cm³/mol. The van der Waals surface area contributed by atoms with Crippen LogP contribution in [0, 0.1) is 0 Å². The van der Waals surface area contributed by atoms with Crippen LogP contribution in [-0.2, 0) is 16.1 Å². The molecule has 1 unspecified atom stereocenters. The third kappa shape index (κ3) is 3.92. The second-order valence-electron chi connectivity index (χ2n) is 7.03. The van der Waals surface area contributed by atoms with Gasteiger partial charge in [0.1, 0.15) is 5.76 Å². The molecule has 31 heavy (non-hydrogen) atoms. The van der Waals surface area contributed by atoms with E-state index < -0.39 is 17.7 Å². The third-order valence-corrected chi connectivity index (χ3v) is 5.95. The zero-order valence-electron chi connectivity index (χ0n) is 16.8. The minimum Gasteiger partial charge on any atom is -0.507 e. The molecule has 1 aliphatic rings. The molecular formula is C24H21NO5S. The van der Waals surface area contributed by atoms with Crippen molar-refractivity contribution in [3.63, 3.8) is 0 Å². The lowest BCUT2D eigenvalue weighted by molar-refractivity contribution is -0.140. The molecule has 1 aliphatic heterocycles. The molecule has 6 nitrogen and oxygen atoms in total. The molecule has 0 saturated carbocycles. The van der Waals surface area contributed by atoms with E-state index in [1.54, 1.807) is 49.4 Å². The second kappa shape index (κ2) is 8.65. The number of hydrogen-bond donors (Lipinski definition) is 2. The van der Waals surface area contributed by atoms with Crippen molar-refractivity contribution in [1.29, 1.82) is 0 Å². The van der Waals surface area contributed by atoms with Gasteiger partial charge in [0.15, 0.2) is 11.5 Å². The Labute approximate surface area is 183 Å². The van der Waals surface area contributed by atoms with Crippen molar-refractivity contribution in [3.05, 3.63) is 87.6 Å². The summed E-state index contributed by atoms with van der Waals surface area (Å²) in [6.07, 6.45) is 0. The van der Waals surface area contributed by atoms with Gasteiger partial charge in [-0.25, -0.2) is 0 Å². The summed E-state index contributed by atoms with van der Waals surface area (Å²) < 4.78 is 5.50. The van der Waals surface area contributed by atoms with E-state index in [0.29, 0.717) is 17.7 Å². The molecule has 4 rings (SSSR count). The number of benzene rings is 2. The topological polar surface area (TPSA) is 87.1 Å². The molecule has 0 aliphatic carbocycles. The van der Waals surface area contributed by atoms with E-state index in [2.05, 4.69) is 0 Å². The summed E-state index contributed by atoms with van der Waals surface area (Å²) in [6, 6.07) is 16.3. The van der Waals surface area contributed by atoms with Crippen molar-refractivity contribution in [2.45, 2.75) is 19.5 Å². The normalized spacial score (nSPS) is 17.8. The van der Waals surface area contributed by atoms with Crippen LogP contribution in [0.1, 0.15) is 29.0 Å². The lowest BCUT2D eigenvalue weighted by Crippen LogP contribution is -2.28. The number of rotatable bonds is 6. The largest absolute Gasteiger partial charge is 0.507 e. The van der Waals surface area contributed by atoms with Crippen molar-refractivity contribution in [2.24, 2.45) is 0 Å². The van der Waals surface area contributed by atoms with Crippen LogP contribution < -0.4 is 4.74 Å². The Hall–Kier alpha value is -3.58. The highest BCUT2D eigenvalue weighted by molar-refractivity contribution is 7.09. The fourth-order valence-electron chi connectivity index (χ4n) is 3.68. The van der Waals surface area contributed by atoms with Gasteiger partial charge in [-0.15, -0.1) is 11.3 Å². The Kier molecular flexibility index (Phi) is 5.77. The van der Waals surface area contributed by atoms with Gasteiger partial charge < -0.3 is 19.8 Å². The Balaban J connectivity index is 1.88. The number of amides is 1. The highest BCUT2D eigenvalue weighted by Crippen LogP contribution is 2.42. The van der Waals surface area contributed by atoms with E-state index in [0.717, 1.165) is 4.88 Å². The maximum Gasteiger partial charge on any atom is 0.295 e. The minimum absolute atomic E-state index is 0.0147. The number of aliphatic hydroxyl groups is 1. The number of nitrogens with zero attached hydrogens (tertiary/aromatic N) is 1. The van der Waals surface area contributed by atoms with Crippen LogP contribution in [0.3, 0.4) is 0 Å². The number of hydrogen-bond acceptors (Lipinski definition) is 6. The van der Waals surface area contributed by atoms with Gasteiger partial charge in [-0.3, -0.25) is 9.59 Å². The van der Waals surface area contributed by atoms with Crippen LogP contribution in [0.25, 0.3) is 5.76 Å². The number of ketones is 1. The summed E-state index contributed by atoms with van der Waals surface area (Å²) in [5.74, 6) is -1.44. The summed E-state index contributed by atoms with van der Waals surface area (Å²) >= 11 is 1.48. The van der Waals surface area contributed by atoms with Crippen LogP contribution in [0.2, 0.25) is 0 Å². The number of aliphatic hydroxyl groups excluding tert-OH is 1. The fourth-order valence-corrected chi connectivity index (χ4v) is 4.39. The summed E-state index contributed by atoms with van der Waals surface area (Å²) in [6.45, 7) is 2.37. The Morgan fingerprint density at radius 3 is 2.55 bits per heavy atom. The number of likely N-dealkylation sites (tertiary alicyclic amines) is 1. The third-order valence-electron chi connectivity index (χ3n) is 5.09. The number of carbonyl (C=O) groups excluding carboxylic acids is 2. The zero-order chi connectivity index (χ0) is 22.0. The average Bonchev–Trinajstić information content (AvgIpc) is 3.38. The van der Waals surface area contributed by atoms with Crippen molar-refractivity contribution in [3.8, 4) is 11.5 Å². The second-order valence-corrected chi connectivity index (χ2v) is 8.06. The molecular weight excluding hydrogens is 414 g/mol. The average molecular weight is 436 g/mol. The molecule has 1 aromatic heterocycles. The molecule has 2 aromatic carbocycles. The number of phenols is 1. The first-order valence-corrected chi connectivity index (χ1v) is 10.7. The quantitative estimate of drug-likeness (QED) is 0.339. The van der Waals surface area contributed by atoms with Crippen LogP contribution >= 0.6 is 11.3 Å². The van der Waals surface area contributed by atoms with E-state index >= 15 is 0 Å². The van der Waals surface area contributed by atoms with Gasteiger partial charge in [0.25, 0.3) is 11.7 Å². The van der Waals surface area contributed by atoms with Crippen molar-refractivity contribution in [1.82, 2.24) is 4.90 Å². The molecule has 2 heterocycles. The Morgan fingerprint density at radius 2 is 1.87 bits per heavy atom. The monoisotopic (exact) mass is 435 g/mol. The van der Waals surface area contributed by atoms with Crippen LogP contribution in [0.4, 0.5) is 0 Å². The number of carbonyl (C=O) groups is 2. The van der Waals surface area contributed by atoms with Gasteiger partial charge in [-0.05, 0) is 36.1 Å². The number of ether oxygens (including phenoxy) is 1. The molecule has 1 atom stereocenters. The van der Waals surface area contributed by atoms with E-state index in [1.807, 2.05) is 17.5 Å². The maximum atomic E-state index is 13.0. The van der Waals surface area contributed by atoms with E-state index in [4.69, 9.17) is 4.74 Å². The van der Waals surface area contributed by atoms with Crippen molar-refractivity contribution in [2.75, 3.05) is 6.61 Å². The van der Waals surface area contributed by atoms with Crippen LogP contribution in [-0.4, -0.2) is 33.4 Å². The van der Waals surface area contributed by atoms with Crippen LogP contribution in [0.5, 0.6) is 11.5 Å². The lowest BCUT2D eigenvalue weighted by Gasteiger charge is -2.25. The highest BCUT2D eigenvalue weighted by Gasteiger charge is 2.46. The zero-order valence-corrected chi connectivity index (χ0v) is 17.6. The molecule has 3 aromatic rings.